The Labute approximate surface area is 176 Å². The second kappa shape index (κ2) is 8.61. The molecule has 0 saturated carbocycles. The van der Waals surface area contributed by atoms with E-state index in [9.17, 15) is 4.79 Å². The number of fused-ring (bicyclic) bond motifs is 1. The van der Waals surface area contributed by atoms with Gasteiger partial charge in [-0.3, -0.25) is 4.79 Å². The Balaban J connectivity index is 1.40. The van der Waals surface area contributed by atoms with Crippen LogP contribution in [0.4, 0.5) is 5.69 Å². The van der Waals surface area contributed by atoms with Crippen molar-refractivity contribution in [3.8, 4) is 5.88 Å². The van der Waals surface area contributed by atoms with E-state index >= 15 is 0 Å². The molecule has 6 heteroatoms. The average molecular weight is 405 g/mol. The predicted octanol–water partition coefficient (Wildman–Crippen LogP) is 4.34. The SMILES string of the molecule is CC(C)Oc1ccc(CNC(=O)c2ccoc2CN2c3ccccc3CC2C)cn1. The van der Waals surface area contributed by atoms with Crippen LogP contribution in [0, 0.1) is 0 Å². The molecule has 1 aliphatic rings. The molecule has 0 bridgehead atoms. The van der Waals surface area contributed by atoms with Crippen LogP contribution in [0.15, 0.2) is 59.3 Å². The third-order valence-electron chi connectivity index (χ3n) is 5.26. The zero-order valence-electron chi connectivity index (χ0n) is 17.6. The molecule has 1 aromatic carbocycles. The minimum Gasteiger partial charge on any atom is -0.475 e. The summed E-state index contributed by atoms with van der Waals surface area (Å²) in [7, 11) is 0. The molecular weight excluding hydrogens is 378 g/mol. The molecule has 4 rings (SSSR count). The molecule has 0 fully saturated rings. The molecule has 3 aromatic rings. The number of anilines is 1. The van der Waals surface area contributed by atoms with Crippen LogP contribution in [-0.4, -0.2) is 23.0 Å². The quantitative estimate of drug-likeness (QED) is 0.633. The highest BCUT2D eigenvalue weighted by atomic mass is 16.5. The molecule has 1 unspecified atom stereocenters. The number of nitrogens with one attached hydrogen (secondary N) is 1. The summed E-state index contributed by atoms with van der Waals surface area (Å²) in [6.45, 7) is 7.07. The van der Waals surface area contributed by atoms with Gasteiger partial charge in [0.1, 0.15) is 5.76 Å². The normalized spacial score (nSPS) is 15.3. The monoisotopic (exact) mass is 405 g/mol. The maximum atomic E-state index is 12.8. The number of furan rings is 1. The predicted molar refractivity (Wildman–Crippen MR) is 116 cm³/mol. The topological polar surface area (TPSA) is 67.6 Å². The number of para-hydroxylation sites is 1. The van der Waals surface area contributed by atoms with Gasteiger partial charge < -0.3 is 19.4 Å². The summed E-state index contributed by atoms with van der Waals surface area (Å²) in [4.78, 5) is 19.3. The van der Waals surface area contributed by atoms with Crippen molar-refractivity contribution in [3.05, 3.63) is 77.4 Å². The first-order valence-corrected chi connectivity index (χ1v) is 10.3. The van der Waals surface area contributed by atoms with Crippen molar-refractivity contribution < 1.29 is 13.9 Å². The van der Waals surface area contributed by atoms with Crippen molar-refractivity contribution in [3.63, 3.8) is 0 Å². The molecule has 3 heterocycles. The van der Waals surface area contributed by atoms with Crippen molar-refractivity contribution in [1.82, 2.24) is 10.3 Å². The van der Waals surface area contributed by atoms with Crippen LogP contribution in [0.5, 0.6) is 5.88 Å². The highest BCUT2D eigenvalue weighted by Crippen LogP contribution is 2.33. The smallest absolute Gasteiger partial charge is 0.255 e. The van der Waals surface area contributed by atoms with Crippen molar-refractivity contribution in [2.45, 2.75) is 52.4 Å². The van der Waals surface area contributed by atoms with Crippen LogP contribution >= 0.6 is 0 Å². The number of amides is 1. The highest BCUT2D eigenvalue weighted by Gasteiger charge is 2.27. The zero-order chi connectivity index (χ0) is 21.1. The number of ether oxygens (including phenoxy) is 1. The van der Waals surface area contributed by atoms with Crippen LogP contribution in [0.1, 0.15) is 48.0 Å². The minimum atomic E-state index is -0.151. The van der Waals surface area contributed by atoms with Crippen LogP contribution in [0.25, 0.3) is 0 Å². The van der Waals surface area contributed by atoms with Gasteiger partial charge in [-0.2, -0.15) is 0 Å². The van der Waals surface area contributed by atoms with E-state index in [1.807, 2.05) is 32.0 Å². The molecule has 0 spiro atoms. The Hall–Kier alpha value is -3.28. The highest BCUT2D eigenvalue weighted by molar-refractivity contribution is 5.95. The Kier molecular flexibility index (Phi) is 5.74. The van der Waals surface area contributed by atoms with Crippen LogP contribution in [0.3, 0.4) is 0 Å². The van der Waals surface area contributed by atoms with E-state index in [1.54, 1.807) is 18.5 Å². The Morgan fingerprint density at radius 2 is 2.10 bits per heavy atom. The summed E-state index contributed by atoms with van der Waals surface area (Å²) in [6, 6.07) is 14.2. The molecule has 156 valence electrons. The first-order valence-electron chi connectivity index (χ1n) is 10.3. The fourth-order valence-corrected chi connectivity index (χ4v) is 3.79. The molecule has 0 aliphatic carbocycles. The fourth-order valence-electron chi connectivity index (χ4n) is 3.79. The van der Waals surface area contributed by atoms with Crippen LogP contribution in [-0.2, 0) is 19.5 Å². The van der Waals surface area contributed by atoms with Gasteiger partial charge in [0.15, 0.2) is 0 Å². The number of pyridine rings is 1. The molecule has 30 heavy (non-hydrogen) atoms. The number of carbonyl (C=O) groups excluding carboxylic acids is 1. The molecule has 6 nitrogen and oxygen atoms in total. The summed E-state index contributed by atoms with van der Waals surface area (Å²) in [6.07, 6.45) is 4.38. The van der Waals surface area contributed by atoms with Crippen molar-refractivity contribution in [1.29, 1.82) is 0 Å². The summed E-state index contributed by atoms with van der Waals surface area (Å²) >= 11 is 0. The van der Waals surface area contributed by atoms with Gasteiger partial charge in [0.25, 0.3) is 5.91 Å². The third kappa shape index (κ3) is 4.32. The number of hydrogen-bond donors (Lipinski definition) is 1. The van der Waals surface area contributed by atoms with Crippen molar-refractivity contribution >= 4 is 11.6 Å². The third-order valence-corrected chi connectivity index (χ3v) is 5.26. The van der Waals surface area contributed by atoms with Gasteiger partial charge in [-0.25, -0.2) is 4.98 Å². The van der Waals surface area contributed by atoms with Crippen LogP contribution < -0.4 is 15.0 Å². The number of hydrogen-bond acceptors (Lipinski definition) is 5. The van der Waals surface area contributed by atoms with E-state index in [0.717, 1.165) is 12.0 Å². The van der Waals surface area contributed by atoms with Gasteiger partial charge >= 0.3 is 0 Å². The van der Waals surface area contributed by atoms with E-state index in [4.69, 9.17) is 9.15 Å². The lowest BCUT2D eigenvalue weighted by Gasteiger charge is -2.24. The maximum absolute atomic E-state index is 12.8. The van der Waals surface area contributed by atoms with E-state index in [0.29, 0.717) is 36.3 Å². The lowest BCUT2D eigenvalue weighted by molar-refractivity contribution is 0.0949. The van der Waals surface area contributed by atoms with Gasteiger partial charge in [0.2, 0.25) is 5.88 Å². The van der Waals surface area contributed by atoms with E-state index in [2.05, 4.69) is 40.3 Å². The summed E-state index contributed by atoms with van der Waals surface area (Å²) in [5.41, 5.74) is 4.02. The molecule has 2 aromatic heterocycles. The van der Waals surface area contributed by atoms with Crippen LogP contribution in [0.2, 0.25) is 0 Å². The molecule has 1 amide bonds. The van der Waals surface area contributed by atoms with Gasteiger partial charge in [0, 0.05) is 30.5 Å². The first kappa shape index (κ1) is 20.0. The Morgan fingerprint density at radius 1 is 1.27 bits per heavy atom. The average Bonchev–Trinajstić information content (AvgIpc) is 3.32. The fraction of sp³-hybridized carbons (Fsp3) is 0.333. The standard InChI is InChI=1S/C24H27N3O3/c1-16(2)30-23-9-8-18(13-25-23)14-26-24(28)20-10-11-29-22(20)15-27-17(3)12-19-6-4-5-7-21(19)27/h4-11,13,16-17H,12,14-15H2,1-3H3,(H,26,28). The van der Waals surface area contributed by atoms with Gasteiger partial charge in [0.05, 0.1) is 24.5 Å². The number of nitrogens with zero attached hydrogens (tertiary/aromatic N) is 2. The van der Waals surface area contributed by atoms with E-state index < -0.39 is 0 Å². The number of benzene rings is 1. The molecule has 1 aliphatic heterocycles. The lowest BCUT2D eigenvalue weighted by atomic mass is 10.1. The molecule has 0 radical (unpaired) electrons. The van der Waals surface area contributed by atoms with Gasteiger partial charge in [-0.15, -0.1) is 0 Å². The second-order valence-electron chi connectivity index (χ2n) is 7.92. The summed E-state index contributed by atoms with van der Waals surface area (Å²) < 4.78 is 11.2. The van der Waals surface area contributed by atoms with Crippen molar-refractivity contribution in [2.75, 3.05) is 4.90 Å². The summed E-state index contributed by atoms with van der Waals surface area (Å²) in [5, 5.41) is 2.96. The van der Waals surface area contributed by atoms with E-state index in [-0.39, 0.29) is 12.0 Å². The minimum absolute atomic E-state index is 0.0767. The van der Waals surface area contributed by atoms with Gasteiger partial charge in [-0.1, -0.05) is 24.3 Å². The van der Waals surface area contributed by atoms with Crippen molar-refractivity contribution in [2.24, 2.45) is 0 Å². The number of aromatic nitrogens is 1. The number of carbonyl (C=O) groups is 1. The Bertz CT molecular complexity index is 1010. The summed E-state index contributed by atoms with van der Waals surface area (Å²) in [5.74, 6) is 1.11. The van der Waals surface area contributed by atoms with Gasteiger partial charge in [-0.05, 0) is 50.5 Å². The molecule has 1 atom stereocenters. The molecule has 1 N–H and O–H groups in total. The first-order chi connectivity index (χ1) is 14.5. The lowest BCUT2D eigenvalue weighted by Crippen LogP contribution is -2.30. The largest absolute Gasteiger partial charge is 0.475 e. The zero-order valence-corrected chi connectivity index (χ0v) is 17.6. The Morgan fingerprint density at radius 3 is 2.87 bits per heavy atom. The number of rotatable bonds is 7. The second-order valence-corrected chi connectivity index (χ2v) is 7.92. The molecular formula is C24H27N3O3. The molecule has 0 saturated heterocycles. The van der Waals surface area contributed by atoms with E-state index in [1.165, 1.54) is 11.3 Å². The maximum Gasteiger partial charge on any atom is 0.255 e.